The average Bonchev–Trinajstić information content (AvgIpc) is 3.27. The van der Waals surface area contributed by atoms with Gasteiger partial charge < -0.3 is 5.32 Å². The Morgan fingerprint density at radius 2 is 1.73 bits per heavy atom. The molecule has 192 valence electrons. The minimum absolute atomic E-state index is 0.120. The first-order valence-electron chi connectivity index (χ1n) is 12.5. The van der Waals surface area contributed by atoms with Gasteiger partial charge >= 0.3 is 0 Å². The van der Waals surface area contributed by atoms with Crippen LogP contribution in [0.1, 0.15) is 43.0 Å². The molecule has 0 aliphatic heterocycles. The van der Waals surface area contributed by atoms with Gasteiger partial charge in [-0.05, 0) is 73.2 Å². The minimum Gasteiger partial charge on any atom is -0.354 e. The van der Waals surface area contributed by atoms with Gasteiger partial charge in [0.1, 0.15) is 23.9 Å². The number of hydrogen-bond acceptors (Lipinski definition) is 4. The lowest BCUT2D eigenvalue weighted by molar-refractivity contribution is -0.127. The molecule has 37 heavy (non-hydrogen) atoms. The van der Waals surface area contributed by atoms with Gasteiger partial charge in [0.25, 0.3) is 0 Å². The van der Waals surface area contributed by atoms with Crippen molar-refractivity contribution in [1.29, 1.82) is 0 Å². The predicted molar refractivity (Wildman–Crippen MR) is 143 cm³/mol. The van der Waals surface area contributed by atoms with Crippen molar-refractivity contribution in [2.75, 3.05) is 11.4 Å². The highest BCUT2D eigenvalue weighted by atomic mass is 19.1. The van der Waals surface area contributed by atoms with Gasteiger partial charge in [0.15, 0.2) is 0 Å². The van der Waals surface area contributed by atoms with Crippen molar-refractivity contribution in [3.05, 3.63) is 89.2 Å². The first-order chi connectivity index (χ1) is 17.8. The smallest absolute Gasteiger partial charge is 0.249 e. The molecule has 0 radical (unpaired) electrons. The van der Waals surface area contributed by atoms with E-state index < -0.39 is 11.9 Å². The van der Waals surface area contributed by atoms with E-state index in [1.165, 1.54) is 21.7 Å². The molecule has 0 saturated heterocycles. The Kier molecular flexibility index (Phi) is 7.96. The highest BCUT2D eigenvalue weighted by Gasteiger charge is 2.34. The van der Waals surface area contributed by atoms with Gasteiger partial charge in [0.05, 0.1) is 5.52 Å². The molecule has 0 bridgehead atoms. The maximum atomic E-state index is 14.1. The average molecular weight is 502 g/mol. The van der Waals surface area contributed by atoms with Crippen LogP contribution in [0.3, 0.4) is 0 Å². The standard InChI is InChI=1S/C29H32FN5O2/c1-19(2)16-17-31-29(37)28(22-12-14-23(30)15-13-22)35(25-11-7-8-20(3)21(25)4)27(36)18-34-26-10-6-5-9-24(26)32-33-34/h5-15,19,28H,16-18H2,1-4H3,(H,31,37)/t28-/m0/s1. The van der Waals surface area contributed by atoms with E-state index in [0.717, 1.165) is 23.1 Å². The largest absolute Gasteiger partial charge is 0.354 e. The van der Waals surface area contributed by atoms with Crippen molar-refractivity contribution in [2.24, 2.45) is 5.92 Å². The van der Waals surface area contributed by atoms with Crippen LogP contribution >= 0.6 is 0 Å². The summed E-state index contributed by atoms with van der Waals surface area (Å²) in [5.74, 6) is -0.675. The molecule has 1 atom stereocenters. The molecule has 0 spiro atoms. The number of amides is 2. The van der Waals surface area contributed by atoms with Crippen LogP contribution in [0.25, 0.3) is 11.0 Å². The molecule has 2 amide bonds. The van der Waals surface area contributed by atoms with Crippen LogP contribution in [0.5, 0.6) is 0 Å². The Morgan fingerprint density at radius 1 is 1.00 bits per heavy atom. The molecule has 4 rings (SSSR count). The number of halogens is 1. The fraction of sp³-hybridized carbons (Fsp3) is 0.310. The molecule has 0 aliphatic carbocycles. The summed E-state index contributed by atoms with van der Waals surface area (Å²) in [6.45, 7) is 8.40. The van der Waals surface area contributed by atoms with Crippen molar-refractivity contribution in [3.63, 3.8) is 0 Å². The number of aryl methyl sites for hydroxylation is 1. The van der Waals surface area contributed by atoms with E-state index in [1.807, 2.05) is 56.3 Å². The molecular formula is C29H32FN5O2. The summed E-state index contributed by atoms with van der Waals surface area (Å²) in [6.07, 6.45) is 0.796. The van der Waals surface area contributed by atoms with Crippen molar-refractivity contribution in [3.8, 4) is 0 Å². The van der Waals surface area contributed by atoms with Crippen molar-refractivity contribution < 1.29 is 14.0 Å². The van der Waals surface area contributed by atoms with E-state index in [1.54, 1.807) is 12.1 Å². The van der Waals surface area contributed by atoms with Crippen LogP contribution < -0.4 is 10.2 Å². The summed E-state index contributed by atoms with van der Waals surface area (Å²) in [7, 11) is 0. The second-order valence-corrected chi connectivity index (χ2v) is 9.65. The van der Waals surface area contributed by atoms with E-state index in [2.05, 4.69) is 29.5 Å². The van der Waals surface area contributed by atoms with Gasteiger partial charge in [-0.25, -0.2) is 9.07 Å². The summed E-state index contributed by atoms with van der Waals surface area (Å²) < 4.78 is 15.4. The third-order valence-electron chi connectivity index (χ3n) is 6.52. The minimum atomic E-state index is -1.00. The number of nitrogens with one attached hydrogen (secondary N) is 1. The van der Waals surface area contributed by atoms with Crippen LogP contribution in [-0.2, 0) is 16.1 Å². The summed E-state index contributed by atoms with van der Waals surface area (Å²) >= 11 is 0. The van der Waals surface area contributed by atoms with Gasteiger partial charge in [-0.1, -0.05) is 55.5 Å². The lowest BCUT2D eigenvalue weighted by Crippen LogP contribution is -2.46. The topological polar surface area (TPSA) is 80.1 Å². The lowest BCUT2D eigenvalue weighted by Gasteiger charge is -2.33. The maximum Gasteiger partial charge on any atom is 0.249 e. The number of carbonyl (C=O) groups excluding carboxylic acids is 2. The fourth-order valence-corrected chi connectivity index (χ4v) is 4.30. The second kappa shape index (κ2) is 11.3. The molecule has 3 aromatic carbocycles. The fourth-order valence-electron chi connectivity index (χ4n) is 4.30. The number of anilines is 1. The van der Waals surface area contributed by atoms with Gasteiger partial charge in [0.2, 0.25) is 11.8 Å². The number of hydrogen-bond donors (Lipinski definition) is 1. The van der Waals surface area contributed by atoms with Crippen molar-refractivity contribution >= 4 is 28.5 Å². The quantitative estimate of drug-likeness (QED) is 0.345. The Morgan fingerprint density at radius 3 is 2.46 bits per heavy atom. The maximum absolute atomic E-state index is 14.1. The molecule has 0 unspecified atom stereocenters. The molecule has 0 saturated carbocycles. The van der Waals surface area contributed by atoms with Crippen LogP contribution in [0.2, 0.25) is 0 Å². The normalized spacial score (nSPS) is 12.1. The van der Waals surface area contributed by atoms with Crippen molar-refractivity contribution in [2.45, 2.75) is 46.7 Å². The zero-order chi connectivity index (χ0) is 26.5. The number of rotatable bonds is 9. The number of nitrogens with zero attached hydrogens (tertiary/aromatic N) is 4. The lowest BCUT2D eigenvalue weighted by atomic mass is 10.00. The molecule has 1 aromatic heterocycles. The molecule has 1 N–H and O–H groups in total. The molecule has 4 aromatic rings. The molecule has 8 heteroatoms. The SMILES string of the molecule is Cc1cccc(N(C(=O)Cn2nnc3ccccc32)[C@H](C(=O)NCCC(C)C)c2ccc(F)cc2)c1C. The summed E-state index contributed by atoms with van der Waals surface area (Å²) in [5, 5.41) is 11.3. The van der Waals surface area contributed by atoms with Crippen LogP contribution in [0, 0.1) is 25.6 Å². The molecular weight excluding hydrogens is 469 g/mol. The van der Waals surface area contributed by atoms with Gasteiger partial charge in [0, 0.05) is 12.2 Å². The summed E-state index contributed by atoms with van der Waals surface area (Å²) in [5.41, 5.74) is 4.39. The molecule has 7 nitrogen and oxygen atoms in total. The number of carbonyl (C=O) groups is 2. The highest BCUT2D eigenvalue weighted by molar-refractivity contribution is 6.02. The third-order valence-corrected chi connectivity index (χ3v) is 6.52. The van der Waals surface area contributed by atoms with Crippen LogP contribution in [-0.4, -0.2) is 33.4 Å². The number of fused-ring (bicyclic) bond motifs is 1. The van der Waals surface area contributed by atoms with E-state index >= 15 is 0 Å². The first-order valence-corrected chi connectivity index (χ1v) is 12.5. The van der Waals surface area contributed by atoms with Gasteiger partial charge in [-0.3, -0.25) is 14.5 Å². The van der Waals surface area contributed by atoms with E-state index in [4.69, 9.17) is 0 Å². The number of para-hydroxylation sites is 1. The zero-order valence-corrected chi connectivity index (χ0v) is 21.6. The number of aromatic nitrogens is 3. The van der Waals surface area contributed by atoms with Crippen LogP contribution in [0.15, 0.2) is 66.7 Å². The summed E-state index contributed by atoms with van der Waals surface area (Å²) in [6, 6.07) is 17.8. The first kappa shape index (κ1) is 26.0. The second-order valence-electron chi connectivity index (χ2n) is 9.65. The number of benzene rings is 3. The van der Waals surface area contributed by atoms with E-state index in [-0.39, 0.29) is 18.4 Å². The monoisotopic (exact) mass is 501 g/mol. The zero-order valence-electron chi connectivity index (χ0n) is 21.6. The molecule has 1 heterocycles. The van der Waals surface area contributed by atoms with E-state index in [0.29, 0.717) is 29.2 Å². The predicted octanol–water partition coefficient (Wildman–Crippen LogP) is 5.12. The third kappa shape index (κ3) is 5.85. The van der Waals surface area contributed by atoms with Crippen molar-refractivity contribution in [1.82, 2.24) is 20.3 Å². The molecule has 0 fully saturated rings. The Bertz CT molecular complexity index is 1400. The van der Waals surface area contributed by atoms with Gasteiger partial charge in [-0.2, -0.15) is 0 Å². The van der Waals surface area contributed by atoms with Crippen LogP contribution in [0.4, 0.5) is 10.1 Å². The van der Waals surface area contributed by atoms with Gasteiger partial charge in [-0.15, -0.1) is 5.10 Å². The highest BCUT2D eigenvalue weighted by Crippen LogP contribution is 2.32. The Balaban J connectivity index is 1.80. The Hall–Kier alpha value is -4.07. The summed E-state index contributed by atoms with van der Waals surface area (Å²) in [4.78, 5) is 29.3. The van der Waals surface area contributed by atoms with E-state index in [9.17, 15) is 14.0 Å². The molecule has 0 aliphatic rings. The Labute approximate surface area is 216 Å².